The Morgan fingerprint density at radius 1 is 1.33 bits per heavy atom. The van der Waals surface area contributed by atoms with Crippen molar-refractivity contribution in [3.63, 3.8) is 0 Å². The van der Waals surface area contributed by atoms with Crippen LogP contribution >= 0.6 is 0 Å². The number of hydrazine groups is 1. The minimum atomic E-state index is -4.58. The van der Waals surface area contributed by atoms with Gasteiger partial charge in [0.25, 0.3) is 0 Å². The van der Waals surface area contributed by atoms with E-state index < -0.39 is 35.0 Å². The summed E-state index contributed by atoms with van der Waals surface area (Å²) in [4.78, 5) is 41.3. The van der Waals surface area contributed by atoms with Crippen molar-refractivity contribution in [3.05, 3.63) is 23.9 Å². The predicted octanol–water partition coefficient (Wildman–Crippen LogP) is 2.19. The molecule has 9 nitrogen and oxygen atoms in total. The first-order chi connectivity index (χ1) is 15.7. The van der Waals surface area contributed by atoms with E-state index in [1.807, 2.05) is 0 Å². The fraction of sp³-hybridized carbons (Fsp3) is 0.619. The van der Waals surface area contributed by atoms with Gasteiger partial charge in [0.05, 0.1) is 17.5 Å². The second-order valence-corrected chi connectivity index (χ2v) is 9.02. The van der Waals surface area contributed by atoms with Crippen LogP contribution in [-0.2, 0) is 20.6 Å². The van der Waals surface area contributed by atoms with E-state index in [9.17, 15) is 32.8 Å². The monoisotopic (exact) mass is 469 g/mol. The highest BCUT2D eigenvalue weighted by atomic mass is 19.4. The van der Waals surface area contributed by atoms with Gasteiger partial charge in [-0.3, -0.25) is 24.6 Å². The van der Waals surface area contributed by atoms with Crippen molar-refractivity contribution >= 4 is 24.0 Å². The molecule has 3 aliphatic rings. The van der Waals surface area contributed by atoms with Gasteiger partial charge in [-0.05, 0) is 36.8 Å². The number of nitrogens with one attached hydrogen (secondary N) is 2. The van der Waals surface area contributed by atoms with Gasteiger partial charge in [0, 0.05) is 12.7 Å². The maximum Gasteiger partial charge on any atom is 0.416 e. The second kappa shape index (κ2) is 8.90. The van der Waals surface area contributed by atoms with Gasteiger partial charge >= 0.3 is 6.18 Å². The Morgan fingerprint density at radius 2 is 2.06 bits per heavy atom. The Hall–Kier alpha value is -2.73. The number of aromatic nitrogens is 1. The molecule has 0 aromatic carbocycles. The van der Waals surface area contributed by atoms with Crippen LogP contribution in [0.5, 0.6) is 0 Å². The van der Waals surface area contributed by atoms with Crippen LogP contribution < -0.4 is 10.7 Å². The molecule has 0 radical (unpaired) electrons. The summed E-state index contributed by atoms with van der Waals surface area (Å²) in [6.07, 6.45) is 1.48. The molecular formula is C21H26F3N5O4. The molecule has 180 valence electrons. The lowest BCUT2D eigenvalue weighted by Gasteiger charge is -2.30. The fourth-order valence-corrected chi connectivity index (χ4v) is 5.28. The molecule has 3 atom stereocenters. The summed E-state index contributed by atoms with van der Waals surface area (Å²) in [5, 5.41) is 13.9. The van der Waals surface area contributed by atoms with E-state index in [0.29, 0.717) is 23.9 Å². The highest BCUT2D eigenvalue weighted by Gasteiger charge is 2.65. The fourth-order valence-electron chi connectivity index (χ4n) is 5.28. The Balaban J connectivity index is 1.50. The van der Waals surface area contributed by atoms with E-state index in [0.717, 1.165) is 44.0 Å². The number of nitrogens with zero attached hydrogens (tertiary/aromatic N) is 3. The summed E-state index contributed by atoms with van der Waals surface area (Å²) >= 11 is 0. The number of hydrogen-bond acceptors (Lipinski definition) is 6. The number of anilines is 1. The first-order valence-corrected chi connectivity index (χ1v) is 11.0. The summed E-state index contributed by atoms with van der Waals surface area (Å²) < 4.78 is 38.9. The Kier molecular flexibility index (Phi) is 6.32. The number of carbonyl (C=O) groups is 3. The second-order valence-electron chi connectivity index (χ2n) is 9.02. The van der Waals surface area contributed by atoms with E-state index in [-0.39, 0.29) is 31.1 Å². The largest absolute Gasteiger partial charge is 0.416 e. The molecule has 3 amide bonds. The lowest BCUT2D eigenvalue weighted by molar-refractivity contribution is -0.161. The molecule has 3 N–H and O–H groups in total. The van der Waals surface area contributed by atoms with Crippen LogP contribution in [-0.4, -0.2) is 57.6 Å². The smallest absolute Gasteiger partial charge is 0.309 e. The SMILES string of the molecule is O=CN(O)C[C@]1(C(=O)N2NCC[C@H]2C(=O)Nc2cc(C(F)(F)F)ccn2)CC1C1CCCC1. The number of rotatable bonds is 7. The van der Waals surface area contributed by atoms with Gasteiger partial charge in [-0.25, -0.2) is 15.5 Å². The zero-order chi connectivity index (χ0) is 23.8. The Morgan fingerprint density at radius 3 is 2.73 bits per heavy atom. The zero-order valence-corrected chi connectivity index (χ0v) is 17.8. The number of pyridine rings is 1. The normalized spacial score (nSPS) is 27.5. The quantitative estimate of drug-likeness (QED) is 0.320. The number of hydroxylamine groups is 2. The van der Waals surface area contributed by atoms with Crippen molar-refractivity contribution in [1.29, 1.82) is 0 Å². The molecule has 1 aromatic heterocycles. The highest BCUT2D eigenvalue weighted by molar-refractivity contribution is 5.98. The molecule has 12 heteroatoms. The summed E-state index contributed by atoms with van der Waals surface area (Å²) in [7, 11) is 0. The number of hydrogen-bond donors (Lipinski definition) is 3. The topological polar surface area (TPSA) is 115 Å². The number of amides is 3. The standard InChI is InChI=1S/C21H26F3N5O4/c22-21(23,24)14-5-7-25-17(9-14)27-18(31)16-6-8-26-29(16)19(32)20(11-28(33)12-30)10-15(20)13-3-1-2-4-13/h5,7,9,12-13,15-16,26,33H,1-4,6,8,10-11H2,(H,25,27,31)/t15?,16-,20+/m0/s1. The van der Waals surface area contributed by atoms with E-state index in [1.165, 1.54) is 5.01 Å². The molecule has 2 heterocycles. The molecule has 1 saturated heterocycles. The lowest BCUT2D eigenvalue weighted by atomic mass is 9.92. The maximum absolute atomic E-state index is 13.6. The van der Waals surface area contributed by atoms with Crippen molar-refractivity contribution < 1.29 is 32.8 Å². The van der Waals surface area contributed by atoms with E-state index in [4.69, 9.17) is 0 Å². The summed E-state index contributed by atoms with van der Waals surface area (Å²) in [5.74, 6) is -1.00. The molecule has 1 aromatic rings. The van der Waals surface area contributed by atoms with Gasteiger partial charge in [0.1, 0.15) is 11.9 Å². The molecule has 0 spiro atoms. The Labute approximate surface area is 188 Å². The van der Waals surface area contributed by atoms with Gasteiger partial charge < -0.3 is 5.32 Å². The highest BCUT2D eigenvalue weighted by Crippen LogP contribution is 2.61. The molecule has 1 aliphatic heterocycles. The van der Waals surface area contributed by atoms with Crippen LogP contribution in [0.15, 0.2) is 18.3 Å². The molecule has 2 aliphatic carbocycles. The van der Waals surface area contributed by atoms with Crippen LogP contribution in [0.3, 0.4) is 0 Å². The molecule has 1 unspecified atom stereocenters. The Bertz CT molecular complexity index is 923. The molecule has 33 heavy (non-hydrogen) atoms. The molecule has 2 saturated carbocycles. The minimum absolute atomic E-state index is 0.00153. The van der Waals surface area contributed by atoms with Crippen molar-refractivity contribution in [2.45, 2.75) is 50.7 Å². The lowest BCUT2D eigenvalue weighted by Crippen LogP contribution is -2.53. The minimum Gasteiger partial charge on any atom is -0.309 e. The molecule has 3 fully saturated rings. The van der Waals surface area contributed by atoms with Gasteiger partial charge in [-0.15, -0.1) is 0 Å². The third-order valence-corrected chi connectivity index (χ3v) is 6.97. The maximum atomic E-state index is 13.6. The summed E-state index contributed by atoms with van der Waals surface area (Å²) in [5.41, 5.74) is 0.954. The zero-order valence-electron chi connectivity index (χ0n) is 17.8. The third-order valence-electron chi connectivity index (χ3n) is 6.97. The average molecular weight is 469 g/mol. The average Bonchev–Trinajstić information content (AvgIpc) is 3.17. The number of carbonyl (C=O) groups excluding carboxylic acids is 3. The van der Waals surface area contributed by atoms with Crippen LogP contribution in [0, 0.1) is 17.3 Å². The van der Waals surface area contributed by atoms with Crippen molar-refractivity contribution in [2.75, 3.05) is 18.4 Å². The van der Waals surface area contributed by atoms with Crippen molar-refractivity contribution in [1.82, 2.24) is 20.5 Å². The van der Waals surface area contributed by atoms with Crippen LogP contribution in [0.1, 0.15) is 44.1 Å². The van der Waals surface area contributed by atoms with Crippen LogP contribution in [0.25, 0.3) is 0 Å². The van der Waals surface area contributed by atoms with Gasteiger partial charge in [0.15, 0.2) is 0 Å². The van der Waals surface area contributed by atoms with Crippen molar-refractivity contribution in [2.24, 2.45) is 17.3 Å². The molecule has 0 bridgehead atoms. The summed E-state index contributed by atoms with van der Waals surface area (Å²) in [6.45, 7) is 0.152. The van der Waals surface area contributed by atoms with Crippen LogP contribution in [0.4, 0.5) is 19.0 Å². The first kappa shape index (κ1) is 23.4. The van der Waals surface area contributed by atoms with Crippen LogP contribution in [0.2, 0.25) is 0 Å². The predicted molar refractivity (Wildman–Crippen MR) is 108 cm³/mol. The van der Waals surface area contributed by atoms with Gasteiger partial charge in [0.2, 0.25) is 18.2 Å². The van der Waals surface area contributed by atoms with Gasteiger partial charge in [-0.1, -0.05) is 25.7 Å². The number of halogens is 3. The molecule has 4 rings (SSSR count). The van der Waals surface area contributed by atoms with Crippen molar-refractivity contribution in [3.8, 4) is 0 Å². The summed E-state index contributed by atoms with van der Waals surface area (Å²) in [6, 6.07) is 0.577. The van der Waals surface area contributed by atoms with E-state index >= 15 is 0 Å². The first-order valence-electron chi connectivity index (χ1n) is 11.0. The molecular weight excluding hydrogens is 443 g/mol. The van der Waals surface area contributed by atoms with E-state index in [1.54, 1.807) is 0 Å². The van der Waals surface area contributed by atoms with E-state index in [2.05, 4.69) is 15.7 Å². The number of alkyl halides is 3. The van der Waals surface area contributed by atoms with Gasteiger partial charge in [-0.2, -0.15) is 13.2 Å². The third kappa shape index (κ3) is 4.67.